The number of nitrogens with one attached hydrogen (secondary N) is 1. The van der Waals surface area contributed by atoms with Gasteiger partial charge in [0.1, 0.15) is 6.10 Å². The molecule has 0 spiro atoms. The molecule has 3 aliphatic heterocycles. The number of benzene rings is 1. The van der Waals surface area contributed by atoms with Crippen molar-refractivity contribution in [2.24, 2.45) is 0 Å². The van der Waals surface area contributed by atoms with Gasteiger partial charge in [-0.15, -0.1) is 0 Å². The lowest BCUT2D eigenvalue weighted by Crippen LogP contribution is -2.51. The molecular weight excluding hydrogens is 376 g/mol. The number of carbonyl (C=O) groups excluding carboxylic acids is 2. The molecule has 3 atom stereocenters. The molecule has 3 heterocycles. The number of fused-ring (bicyclic) bond motifs is 1. The highest BCUT2D eigenvalue weighted by Gasteiger charge is 2.34. The van der Waals surface area contributed by atoms with Gasteiger partial charge in [0.05, 0.1) is 25.2 Å². The number of hydrogen-bond donors (Lipinski definition) is 2. The van der Waals surface area contributed by atoms with E-state index in [9.17, 15) is 14.7 Å². The molecule has 0 saturated carbocycles. The molecule has 3 aliphatic rings. The summed E-state index contributed by atoms with van der Waals surface area (Å²) in [5.74, 6) is 1.04. The summed E-state index contributed by atoms with van der Waals surface area (Å²) in [6.07, 6.45) is 4.21. The summed E-state index contributed by atoms with van der Waals surface area (Å²) in [5, 5.41) is 12.7. The Morgan fingerprint density at radius 3 is 2.69 bits per heavy atom. The number of hydrogen-bond acceptors (Lipinski definition) is 6. The van der Waals surface area contributed by atoms with Crippen molar-refractivity contribution in [1.29, 1.82) is 0 Å². The summed E-state index contributed by atoms with van der Waals surface area (Å²) in [5.41, 5.74) is 0.466. The van der Waals surface area contributed by atoms with Crippen LogP contribution in [-0.2, 0) is 9.53 Å². The van der Waals surface area contributed by atoms with E-state index in [1.807, 2.05) is 4.90 Å². The van der Waals surface area contributed by atoms with Gasteiger partial charge >= 0.3 is 0 Å². The molecule has 2 saturated heterocycles. The van der Waals surface area contributed by atoms with E-state index in [4.69, 9.17) is 14.2 Å². The van der Waals surface area contributed by atoms with Gasteiger partial charge in [-0.3, -0.25) is 9.59 Å². The van der Waals surface area contributed by atoms with Crippen LogP contribution in [-0.4, -0.2) is 66.6 Å². The zero-order valence-corrected chi connectivity index (χ0v) is 16.5. The van der Waals surface area contributed by atoms with Crippen LogP contribution in [0.15, 0.2) is 18.2 Å². The highest BCUT2D eigenvalue weighted by Crippen LogP contribution is 2.32. The molecule has 8 heteroatoms. The molecule has 0 bridgehead atoms. The molecule has 1 aromatic rings. The van der Waals surface area contributed by atoms with Crippen LogP contribution in [0.3, 0.4) is 0 Å². The van der Waals surface area contributed by atoms with Gasteiger partial charge in [-0.2, -0.15) is 0 Å². The maximum Gasteiger partial charge on any atom is 0.251 e. The van der Waals surface area contributed by atoms with E-state index < -0.39 is 6.10 Å². The SMILES string of the molecule is O=C(N[C@H]1CC[C@@H](CC(=O)N2CCCCC2)O[C@H]1CO)c1ccc2c(c1)OCO2. The summed E-state index contributed by atoms with van der Waals surface area (Å²) in [6.45, 7) is 1.59. The van der Waals surface area contributed by atoms with Gasteiger partial charge in [0, 0.05) is 18.7 Å². The fourth-order valence-corrected chi connectivity index (χ4v) is 4.20. The first-order valence-corrected chi connectivity index (χ1v) is 10.4. The van der Waals surface area contributed by atoms with Crippen LogP contribution in [0, 0.1) is 0 Å². The first kappa shape index (κ1) is 20.0. The second-order valence-electron chi connectivity index (χ2n) is 7.85. The van der Waals surface area contributed by atoms with Crippen LogP contribution in [0.25, 0.3) is 0 Å². The van der Waals surface area contributed by atoms with Crippen molar-refractivity contribution in [3.05, 3.63) is 23.8 Å². The minimum atomic E-state index is -0.527. The number of aliphatic hydroxyl groups excluding tert-OH is 1. The monoisotopic (exact) mass is 404 g/mol. The normalized spacial score (nSPS) is 26.2. The lowest BCUT2D eigenvalue weighted by molar-refractivity contribution is -0.141. The molecule has 0 aromatic heterocycles. The van der Waals surface area contributed by atoms with Gasteiger partial charge in [0.25, 0.3) is 5.91 Å². The number of carbonyl (C=O) groups is 2. The third-order valence-electron chi connectivity index (χ3n) is 5.86. The van der Waals surface area contributed by atoms with E-state index in [1.165, 1.54) is 6.42 Å². The topological polar surface area (TPSA) is 97.3 Å². The maximum atomic E-state index is 12.6. The van der Waals surface area contributed by atoms with E-state index in [-0.39, 0.29) is 37.4 Å². The van der Waals surface area contributed by atoms with E-state index in [1.54, 1.807) is 18.2 Å². The Labute approximate surface area is 170 Å². The van der Waals surface area contributed by atoms with Gasteiger partial charge in [-0.25, -0.2) is 0 Å². The number of aliphatic hydroxyl groups is 1. The fraction of sp³-hybridized carbons (Fsp3) is 0.619. The van der Waals surface area contributed by atoms with Crippen LogP contribution >= 0.6 is 0 Å². The second kappa shape index (κ2) is 9.00. The molecule has 29 heavy (non-hydrogen) atoms. The van der Waals surface area contributed by atoms with Gasteiger partial charge in [-0.1, -0.05) is 0 Å². The van der Waals surface area contributed by atoms with Crippen LogP contribution in [0.1, 0.15) is 48.9 Å². The number of rotatable bonds is 5. The predicted octanol–water partition coefficient (Wildman–Crippen LogP) is 1.46. The predicted molar refractivity (Wildman–Crippen MR) is 104 cm³/mol. The van der Waals surface area contributed by atoms with Gasteiger partial charge in [-0.05, 0) is 50.3 Å². The Morgan fingerprint density at radius 2 is 1.90 bits per heavy atom. The van der Waals surface area contributed by atoms with Crippen LogP contribution in [0.4, 0.5) is 0 Å². The smallest absolute Gasteiger partial charge is 0.251 e. The van der Waals surface area contributed by atoms with Crippen molar-refractivity contribution in [2.75, 3.05) is 26.5 Å². The lowest BCUT2D eigenvalue weighted by Gasteiger charge is -2.37. The van der Waals surface area contributed by atoms with Crippen molar-refractivity contribution >= 4 is 11.8 Å². The maximum absolute atomic E-state index is 12.6. The standard InChI is InChI=1S/C21H28N2O6/c24-12-19-16(22-21(26)14-4-7-17-18(10-14)28-13-27-17)6-5-15(29-19)11-20(25)23-8-2-1-3-9-23/h4,7,10,15-16,19,24H,1-3,5-6,8-9,11-13H2,(H,22,26)/t15-,16-,19-/m0/s1. The van der Waals surface area contributed by atoms with Crippen LogP contribution in [0.5, 0.6) is 11.5 Å². The number of piperidine rings is 1. The quantitative estimate of drug-likeness (QED) is 0.771. The molecule has 1 aromatic carbocycles. The minimum absolute atomic E-state index is 0.120. The third-order valence-corrected chi connectivity index (χ3v) is 5.86. The van der Waals surface area contributed by atoms with Gasteiger partial charge < -0.3 is 29.5 Å². The summed E-state index contributed by atoms with van der Waals surface area (Å²) in [7, 11) is 0. The summed E-state index contributed by atoms with van der Waals surface area (Å²) in [4.78, 5) is 27.0. The minimum Gasteiger partial charge on any atom is -0.454 e. The van der Waals surface area contributed by atoms with Crippen molar-refractivity contribution in [3.63, 3.8) is 0 Å². The summed E-state index contributed by atoms with van der Waals surface area (Å²) >= 11 is 0. The van der Waals surface area contributed by atoms with E-state index in [0.717, 1.165) is 25.9 Å². The van der Waals surface area contributed by atoms with Crippen molar-refractivity contribution < 1.29 is 28.9 Å². The second-order valence-corrected chi connectivity index (χ2v) is 7.85. The molecule has 0 radical (unpaired) electrons. The van der Waals surface area contributed by atoms with Crippen LogP contribution < -0.4 is 14.8 Å². The molecule has 4 rings (SSSR count). The Bertz CT molecular complexity index is 749. The Morgan fingerprint density at radius 1 is 1.10 bits per heavy atom. The average Bonchev–Trinajstić information content (AvgIpc) is 3.23. The molecule has 8 nitrogen and oxygen atoms in total. The number of ether oxygens (including phenoxy) is 3. The average molecular weight is 404 g/mol. The Balaban J connectivity index is 1.31. The van der Waals surface area contributed by atoms with Crippen molar-refractivity contribution in [3.8, 4) is 11.5 Å². The molecule has 158 valence electrons. The highest BCUT2D eigenvalue weighted by atomic mass is 16.7. The largest absolute Gasteiger partial charge is 0.454 e. The zero-order chi connectivity index (χ0) is 20.2. The Hall–Kier alpha value is -2.32. The third kappa shape index (κ3) is 4.64. The van der Waals surface area contributed by atoms with Crippen LogP contribution in [0.2, 0.25) is 0 Å². The molecule has 0 unspecified atom stereocenters. The molecule has 0 aliphatic carbocycles. The molecular formula is C21H28N2O6. The molecule has 2 amide bonds. The number of nitrogens with zero attached hydrogens (tertiary/aromatic N) is 1. The number of likely N-dealkylation sites (tertiary alicyclic amines) is 1. The summed E-state index contributed by atoms with van der Waals surface area (Å²) < 4.78 is 16.6. The molecule has 2 fully saturated rings. The van der Waals surface area contributed by atoms with Gasteiger partial charge in [0.2, 0.25) is 12.7 Å². The van der Waals surface area contributed by atoms with Crippen molar-refractivity contribution in [1.82, 2.24) is 10.2 Å². The lowest BCUT2D eigenvalue weighted by atomic mass is 9.96. The van der Waals surface area contributed by atoms with Crippen molar-refractivity contribution in [2.45, 2.75) is 56.8 Å². The first-order valence-electron chi connectivity index (χ1n) is 10.4. The first-order chi connectivity index (χ1) is 14.1. The van der Waals surface area contributed by atoms with E-state index in [0.29, 0.717) is 36.3 Å². The van der Waals surface area contributed by atoms with E-state index >= 15 is 0 Å². The van der Waals surface area contributed by atoms with E-state index in [2.05, 4.69) is 5.32 Å². The molecule has 2 N–H and O–H groups in total. The zero-order valence-electron chi connectivity index (χ0n) is 16.5. The van der Waals surface area contributed by atoms with Gasteiger partial charge in [0.15, 0.2) is 11.5 Å². The highest BCUT2D eigenvalue weighted by molar-refractivity contribution is 5.95. The number of amides is 2. The fourth-order valence-electron chi connectivity index (χ4n) is 4.20. The summed E-state index contributed by atoms with van der Waals surface area (Å²) in [6, 6.07) is 4.73. The Kier molecular flexibility index (Phi) is 6.20.